The zero-order valence-corrected chi connectivity index (χ0v) is 8.71. The van der Waals surface area contributed by atoms with Crippen LogP contribution in [0.4, 0.5) is 0 Å². The fourth-order valence-corrected chi connectivity index (χ4v) is 2.48. The summed E-state index contributed by atoms with van der Waals surface area (Å²) in [4.78, 5) is 13.6. The summed E-state index contributed by atoms with van der Waals surface area (Å²) in [6, 6.07) is 0. The monoisotopic (exact) mass is 197 g/mol. The molecule has 2 saturated heterocycles. The number of ether oxygens (including phenoxy) is 1. The van der Waals surface area contributed by atoms with Crippen LogP contribution in [0.1, 0.15) is 25.7 Å². The number of carbonyl (C=O) groups is 1. The number of hydrogen-bond acceptors (Lipinski definition) is 3. The Hall–Kier alpha value is -0.410. The van der Waals surface area contributed by atoms with E-state index >= 15 is 0 Å². The van der Waals surface area contributed by atoms with E-state index in [2.05, 4.69) is 4.90 Å². The number of nitrogens with zero attached hydrogens (tertiary/aromatic N) is 1. The van der Waals surface area contributed by atoms with Crippen molar-refractivity contribution in [1.82, 2.24) is 4.90 Å². The molecule has 2 aliphatic rings. The number of carbonyl (C=O) groups excluding carboxylic acids is 1. The lowest BCUT2D eigenvalue weighted by atomic mass is 9.81. The first-order chi connectivity index (χ1) is 6.85. The molecule has 0 saturated carbocycles. The van der Waals surface area contributed by atoms with Gasteiger partial charge in [-0.25, -0.2) is 0 Å². The molecule has 0 aliphatic carbocycles. The summed E-state index contributed by atoms with van der Waals surface area (Å²) in [5, 5.41) is 0. The number of likely N-dealkylation sites (tertiary alicyclic amines) is 1. The molecule has 0 bridgehead atoms. The van der Waals surface area contributed by atoms with E-state index in [0.29, 0.717) is 0 Å². The molecule has 0 aromatic heterocycles. The van der Waals surface area contributed by atoms with Crippen molar-refractivity contribution in [2.24, 2.45) is 5.41 Å². The maximum Gasteiger partial charge on any atom is 0.127 e. The zero-order chi connectivity index (χ0) is 9.86. The third-order valence-electron chi connectivity index (χ3n) is 3.48. The second-order valence-electron chi connectivity index (χ2n) is 4.58. The van der Waals surface area contributed by atoms with Gasteiger partial charge in [0.1, 0.15) is 6.29 Å². The number of hydrogen-bond donors (Lipinski definition) is 0. The molecule has 0 spiro atoms. The Kier molecular flexibility index (Phi) is 3.19. The topological polar surface area (TPSA) is 29.5 Å². The summed E-state index contributed by atoms with van der Waals surface area (Å²) < 4.78 is 5.31. The molecule has 0 atom stereocenters. The zero-order valence-electron chi connectivity index (χ0n) is 8.71. The number of aldehydes is 1. The van der Waals surface area contributed by atoms with Crippen LogP contribution in [0.2, 0.25) is 0 Å². The standard InChI is InChI=1S/C11H19NO2/c13-10-11(3-7-14-8-4-11)9-12-5-1-2-6-12/h10H,1-9H2. The van der Waals surface area contributed by atoms with Crippen LogP contribution in [0.15, 0.2) is 0 Å². The minimum atomic E-state index is -0.0947. The van der Waals surface area contributed by atoms with E-state index in [1.54, 1.807) is 0 Å². The van der Waals surface area contributed by atoms with Crippen LogP contribution in [0, 0.1) is 5.41 Å². The van der Waals surface area contributed by atoms with Gasteiger partial charge in [0, 0.05) is 25.2 Å². The van der Waals surface area contributed by atoms with Gasteiger partial charge in [0.05, 0.1) is 0 Å². The van der Waals surface area contributed by atoms with Gasteiger partial charge >= 0.3 is 0 Å². The third-order valence-corrected chi connectivity index (χ3v) is 3.48. The van der Waals surface area contributed by atoms with Gasteiger partial charge in [0.25, 0.3) is 0 Å². The Morgan fingerprint density at radius 2 is 1.86 bits per heavy atom. The Morgan fingerprint density at radius 1 is 1.21 bits per heavy atom. The Balaban J connectivity index is 1.92. The van der Waals surface area contributed by atoms with Crippen molar-refractivity contribution >= 4 is 6.29 Å². The first-order valence-electron chi connectivity index (χ1n) is 5.61. The lowest BCUT2D eigenvalue weighted by molar-refractivity contribution is -0.122. The average Bonchev–Trinajstić information content (AvgIpc) is 2.72. The van der Waals surface area contributed by atoms with Gasteiger partial charge < -0.3 is 14.4 Å². The highest BCUT2D eigenvalue weighted by molar-refractivity contribution is 5.60. The van der Waals surface area contributed by atoms with E-state index in [9.17, 15) is 4.79 Å². The largest absolute Gasteiger partial charge is 0.381 e. The molecule has 2 rings (SSSR count). The molecule has 14 heavy (non-hydrogen) atoms. The predicted molar refractivity (Wildman–Crippen MR) is 54.2 cm³/mol. The summed E-state index contributed by atoms with van der Waals surface area (Å²) in [7, 11) is 0. The Bertz CT molecular complexity index is 193. The molecule has 0 N–H and O–H groups in total. The van der Waals surface area contributed by atoms with E-state index < -0.39 is 0 Å². The first kappa shape index (κ1) is 10.1. The van der Waals surface area contributed by atoms with Gasteiger partial charge in [-0.1, -0.05) is 0 Å². The van der Waals surface area contributed by atoms with Crippen LogP contribution in [-0.4, -0.2) is 44.0 Å². The van der Waals surface area contributed by atoms with Crippen LogP contribution in [-0.2, 0) is 9.53 Å². The Morgan fingerprint density at radius 3 is 2.43 bits per heavy atom. The maximum absolute atomic E-state index is 11.2. The highest BCUT2D eigenvalue weighted by Gasteiger charge is 2.34. The van der Waals surface area contributed by atoms with Crippen LogP contribution in [0.3, 0.4) is 0 Å². The summed E-state index contributed by atoms with van der Waals surface area (Å²) >= 11 is 0. The normalized spacial score (nSPS) is 27.7. The minimum absolute atomic E-state index is 0.0947. The van der Waals surface area contributed by atoms with Crippen molar-refractivity contribution in [3.8, 4) is 0 Å². The third kappa shape index (κ3) is 2.15. The maximum atomic E-state index is 11.2. The van der Waals surface area contributed by atoms with Crippen LogP contribution in [0.5, 0.6) is 0 Å². The van der Waals surface area contributed by atoms with Gasteiger partial charge in [-0.15, -0.1) is 0 Å². The van der Waals surface area contributed by atoms with Gasteiger partial charge in [-0.3, -0.25) is 0 Å². The van der Waals surface area contributed by atoms with Crippen molar-refractivity contribution in [1.29, 1.82) is 0 Å². The predicted octanol–water partition coefficient (Wildman–Crippen LogP) is 1.08. The molecule has 80 valence electrons. The fraction of sp³-hybridized carbons (Fsp3) is 0.909. The molecule has 0 radical (unpaired) electrons. The van der Waals surface area contributed by atoms with E-state index in [1.807, 2.05) is 0 Å². The summed E-state index contributed by atoms with van der Waals surface area (Å²) in [5.74, 6) is 0. The molecule has 0 aromatic rings. The summed E-state index contributed by atoms with van der Waals surface area (Å²) in [6.07, 6.45) is 5.59. The van der Waals surface area contributed by atoms with Crippen molar-refractivity contribution in [2.75, 3.05) is 32.8 Å². The fourth-order valence-electron chi connectivity index (χ4n) is 2.48. The molecule has 0 amide bonds. The molecule has 0 aromatic carbocycles. The van der Waals surface area contributed by atoms with Gasteiger partial charge in [0.15, 0.2) is 0 Å². The molecule has 2 aliphatic heterocycles. The van der Waals surface area contributed by atoms with Gasteiger partial charge in [0.2, 0.25) is 0 Å². The van der Waals surface area contributed by atoms with Crippen LogP contribution < -0.4 is 0 Å². The first-order valence-corrected chi connectivity index (χ1v) is 5.61. The lowest BCUT2D eigenvalue weighted by Gasteiger charge is -2.35. The Labute approximate surface area is 85.4 Å². The van der Waals surface area contributed by atoms with E-state index in [0.717, 1.165) is 32.6 Å². The van der Waals surface area contributed by atoms with Crippen LogP contribution >= 0.6 is 0 Å². The minimum Gasteiger partial charge on any atom is -0.381 e. The van der Waals surface area contributed by atoms with Crippen molar-refractivity contribution in [3.05, 3.63) is 0 Å². The molecular weight excluding hydrogens is 178 g/mol. The highest BCUT2D eigenvalue weighted by atomic mass is 16.5. The van der Waals surface area contributed by atoms with Gasteiger partial charge in [-0.05, 0) is 38.8 Å². The average molecular weight is 197 g/mol. The van der Waals surface area contributed by atoms with E-state index in [4.69, 9.17) is 4.74 Å². The molecular formula is C11H19NO2. The van der Waals surface area contributed by atoms with E-state index in [1.165, 1.54) is 32.2 Å². The molecule has 3 heteroatoms. The lowest BCUT2D eigenvalue weighted by Crippen LogP contribution is -2.41. The SMILES string of the molecule is O=CC1(CN2CCCC2)CCOCC1. The van der Waals surface area contributed by atoms with Crippen molar-refractivity contribution in [3.63, 3.8) is 0 Å². The van der Waals surface area contributed by atoms with Crippen LogP contribution in [0.25, 0.3) is 0 Å². The van der Waals surface area contributed by atoms with E-state index in [-0.39, 0.29) is 5.41 Å². The summed E-state index contributed by atoms with van der Waals surface area (Å²) in [5.41, 5.74) is -0.0947. The molecule has 3 nitrogen and oxygen atoms in total. The van der Waals surface area contributed by atoms with Crippen molar-refractivity contribution in [2.45, 2.75) is 25.7 Å². The highest BCUT2D eigenvalue weighted by Crippen LogP contribution is 2.30. The molecule has 0 unspecified atom stereocenters. The van der Waals surface area contributed by atoms with Gasteiger partial charge in [-0.2, -0.15) is 0 Å². The quantitative estimate of drug-likeness (QED) is 0.634. The smallest absolute Gasteiger partial charge is 0.127 e. The van der Waals surface area contributed by atoms with Crippen molar-refractivity contribution < 1.29 is 9.53 Å². The molecule has 2 fully saturated rings. The second-order valence-corrected chi connectivity index (χ2v) is 4.58. The molecule has 2 heterocycles. The second kappa shape index (κ2) is 4.41. The summed E-state index contributed by atoms with van der Waals surface area (Å²) in [6.45, 7) is 4.83. The number of rotatable bonds is 3.